The smallest absolute Gasteiger partial charge is 0.416 e. The molecule has 0 bridgehead atoms. The Balaban J connectivity index is 1.92. The molecular formula is C18H14F3N3O4. The molecule has 2 heterocycles. The van der Waals surface area contributed by atoms with Crippen LogP contribution in [0.25, 0.3) is 22.2 Å². The first-order valence-electron chi connectivity index (χ1n) is 7.96. The molecule has 1 aromatic carbocycles. The van der Waals surface area contributed by atoms with Crippen LogP contribution in [0.2, 0.25) is 0 Å². The topological polar surface area (TPSA) is 116 Å². The predicted octanol–water partition coefficient (Wildman–Crippen LogP) is 2.69. The minimum absolute atomic E-state index is 0.169. The van der Waals surface area contributed by atoms with Crippen molar-refractivity contribution in [2.45, 2.75) is 12.4 Å². The van der Waals surface area contributed by atoms with Gasteiger partial charge in [-0.25, -0.2) is 4.98 Å². The first-order chi connectivity index (χ1) is 13.2. The summed E-state index contributed by atoms with van der Waals surface area (Å²) >= 11 is 0. The number of carboxylic acid groups (broad SMARTS) is 1. The second-order valence-corrected chi connectivity index (χ2v) is 5.87. The SMILES string of the molecule is O=C(O)CNC(O)c1ncc2nc(-c3ccc(C(F)(F)F)cc3)ccc2c1O. The molecule has 28 heavy (non-hydrogen) atoms. The number of halogens is 3. The number of rotatable bonds is 5. The highest BCUT2D eigenvalue weighted by molar-refractivity contribution is 5.87. The Labute approximate surface area is 156 Å². The van der Waals surface area contributed by atoms with Crippen LogP contribution in [0, 0.1) is 0 Å². The lowest BCUT2D eigenvalue weighted by Gasteiger charge is -2.14. The summed E-state index contributed by atoms with van der Waals surface area (Å²) in [5.74, 6) is -1.57. The van der Waals surface area contributed by atoms with Crippen LogP contribution in [-0.4, -0.2) is 37.8 Å². The maximum Gasteiger partial charge on any atom is 0.416 e. The highest BCUT2D eigenvalue weighted by atomic mass is 19.4. The molecule has 3 aromatic rings. The van der Waals surface area contributed by atoms with Crippen LogP contribution in [0.3, 0.4) is 0 Å². The van der Waals surface area contributed by atoms with Gasteiger partial charge in [0.25, 0.3) is 0 Å². The van der Waals surface area contributed by atoms with Gasteiger partial charge >= 0.3 is 12.1 Å². The number of aromatic hydroxyl groups is 1. The number of aromatic nitrogens is 2. The molecule has 0 spiro atoms. The van der Waals surface area contributed by atoms with E-state index in [2.05, 4.69) is 15.3 Å². The summed E-state index contributed by atoms with van der Waals surface area (Å²) in [6.07, 6.45) is -4.67. The monoisotopic (exact) mass is 393 g/mol. The quantitative estimate of drug-likeness (QED) is 0.493. The fraction of sp³-hybridized carbons (Fsp3) is 0.167. The minimum Gasteiger partial charge on any atom is -0.505 e. The van der Waals surface area contributed by atoms with Gasteiger partial charge in [0.2, 0.25) is 0 Å². The van der Waals surface area contributed by atoms with Gasteiger partial charge in [-0.3, -0.25) is 15.1 Å². The van der Waals surface area contributed by atoms with Gasteiger partial charge in [-0.2, -0.15) is 13.2 Å². The van der Waals surface area contributed by atoms with Crippen molar-refractivity contribution in [3.05, 3.63) is 53.9 Å². The minimum atomic E-state index is -4.43. The number of aliphatic hydroxyl groups excluding tert-OH is 1. The van der Waals surface area contributed by atoms with E-state index in [0.717, 1.165) is 12.1 Å². The lowest BCUT2D eigenvalue weighted by Crippen LogP contribution is -2.27. The molecule has 0 radical (unpaired) electrons. The van der Waals surface area contributed by atoms with Gasteiger partial charge in [-0.1, -0.05) is 12.1 Å². The third-order valence-electron chi connectivity index (χ3n) is 3.96. The summed E-state index contributed by atoms with van der Waals surface area (Å²) in [6.45, 7) is -0.536. The van der Waals surface area contributed by atoms with Crippen molar-refractivity contribution >= 4 is 16.9 Å². The number of fused-ring (bicyclic) bond motifs is 1. The molecule has 146 valence electrons. The van der Waals surface area contributed by atoms with Crippen LogP contribution in [0.15, 0.2) is 42.6 Å². The van der Waals surface area contributed by atoms with Gasteiger partial charge in [0, 0.05) is 10.9 Å². The third-order valence-corrected chi connectivity index (χ3v) is 3.96. The molecule has 1 unspecified atom stereocenters. The Morgan fingerprint density at radius 2 is 1.82 bits per heavy atom. The standard InChI is InChI=1S/C18H14F3N3O4/c19-18(20,21)10-3-1-9(2-4-10)12-6-5-11-13(24-12)7-22-15(16(11)27)17(28)23-8-14(25)26/h1-7,17,23,27-28H,8H2,(H,25,26). The number of benzene rings is 1. The predicted molar refractivity (Wildman–Crippen MR) is 92.2 cm³/mol. The lowest BCUT2D eigenvalue weighted by atomic mass is 10.1. The fourth-order valence-electron chi connectivity index (χ4n) is 2.57. The van der Waals surface area contributed by atoms with E-state index in [1.54, 1.807) is 0 Å². The van der Waals surface area contributed by atoms with Crippen molar-refractivity contribution in [1.82, 2.24) is 15.3 Å². The number of aliphatic hydroxyl groups is 1. The number of nitrogens with zero attached hydrogens (tertiary/aromatic N) is 2. The second kappa shape index (κ2) is 7.41. The Kier molecular flexibility index (Phi) is 5.16. The lowest BCUT2D eigenvalue weighted by molar-refractivity contribution is -0.138. The summed E-state index contributed by atoms with van der Waals surface area (Å²) in [5.41, 5.74) is 0.132. The number of hydrogen-bond donors (Lipinski definition) is 4. The van der Waals surface area contributed by atoms with Crippen LogP contribution in [0.5, 0.6) is 5.75 Å². The fourth-order valence-corrected chi connectivity index (χ4v) is 2.57. The van der Waals surface area contributed by atoms with Gasteiger partial charge in [-0.15, -0.1) is 0 Å². The summed E-state index contributed by atoms with van der Waals surface area (Å²) in [5, 5.41) is 31.4. The highest BCUT2D eigenvalue weighted by Gasteiger charge is 2.30. The molecule has 2 aromatic heterocycles. The van der Waals surface area contributed by atoms with Gasteiger partial charge in [0.15, 0.2) is 12.0 Å². The molecule has 0 saturated heterocycles. The highest BCUT2D eigenvalue weighted by Crippen LogP contribution is 2.33. The van der Waals surface area contributed by atoms with E-state index < -0.39 is 30.5 Å². The Morgan fingerprint density at radius 3 is 2.43 bits per heavy atom. The number of nitrogens with one attached hydrogen (secondary N) is 1. The number of pyridine rings is 2. The largest absolute Gasteiger partial charge is 0.505 e. The molecule has 10 heteroatoms. The number of carbonyl (C=O) groups is 1. The molecule has 3 rings (SSSR count). The van der Waals surface area contributed by atoms with E-state index in [-0.39, 0.29) is 22.3 Å². The van der Waals surface area contributed by atoms with Crippen molar-refractivity contribution in [2.75, 3.05) is 6.54 Å². The number of alkyl halides is 3. The molecule has 0 aliphatic rings. The van der Waals surface area contributed by atoms with Gasteiger partial charge in [0.05, 0.1) is 29.5 Å². The Morgan fingerprint density at radius 1 is 1.14 bits per heavy atom. The van der Waals surface area contributed by atoms with Gasteiger partial charge in [0.1, 0.15) is 5.69 Å². The summed E-state index contributed by atoms with van der Waals surface area (Å²) < 4.78 is 38.0. The second-order valence-electron chi connectivity index (χ2n) is 5.87. The van der Waals surface area contributed by atoms with E-state index in [4.69, 9.17) is 5.11 Å². The molecule has 4 N–H and O–H groups in total. The van der Waals surface area contributed by atoms with E-state index in [0.29, 0.717) is 11.3 Å². The molecule has 0 amide bonds. The molecule has 7 nitrogen and oxygen atoms in total. The normalized spacial score (nSPS) is 12.9. The first kappa shape index (κ1) is 19.5. The number of hydrogen-bond acceptors (Lipinski definition) is 6. The van der Waals surface area contributed by atoms with Crippen molar-refractivity contribution < 1.29 is 33.3 Å². The molecule has 1 atom stereocenters. The number of aliphatic carboxylic acids is 1. The van der Waals surface area contributed by atoms with Crippen molar-refractivity contribution in [2.24, 2.45) is 0 Å². The zero-order valence-corrected chi connectivity index (χ0v) is 14.1. The van der Waals surface area contributed by atoms with Gasteiger partial charge < -0.3 is 15.3 Å². The van der Waals surface area contributed by atoms with E-state index in [1.165, 1.54) is 30.5 Å². The maximum atomic E-state index is 12.7. The molecule has 0 aliphatic heterocycles. The Hall–Kier alpha value is -3.24. The van der Waals surface area contributed by atoms with E-state index >= 15 is 0 Å². The zero-order valence-electron chi connectivity index (χ0n) is 14.1. The third kappa shape index (κ3) is 4.02. The molecular weight excluding hydrogens is 379 g/mol. The van der Waals surface area contributed by atoms with Crippen molar-refractivity contribution in [3.63, 3.8) is 0 Å². The molecule has 0 fully saturated rings. The van der Waals surface area contributed by atoms with Crippen LogP contribution in [0.4, 0.5) is 13.2 Å². The van der Waals surface area contributed by atoms with Crippen LogP contribution >= 0.6 is 0 Å². The summed E-state index contributed by atoms with van der Waals surface area (Å²) in [7, 11) is 0. The van der Waals surface area contributed by atoms with Crippen LogP contribution < -0.4 is 5.32 Å². The van der Waals surface area contributed by atoms with Crippen LogP contribution in [0.1, 0.15) is 17.5 Å². The average Bonchev–Trinajstić information content (AvgIpc) is 2.65. The van der Waals surface area contributed by atoms with Crippen LogP contribution in [-0.2, 0) is 11.0 Å². The zero-order chi connectivity index (χ0) is 20.5. The van der Waals surface area contributed by atoms with E-state index in [1.807, 2.05) is 0 Å². The molecule has 0 aliphatic carbocycles. The number of carboxylic acids is 1. The van der Waals surface area contributed by atoms with Crippen molar-refractivity contribution in [1.29, 1.82) is 0 Å². The van der Waals surface area contributed by atoms with E-state index in [9.17, 15) is 28.2 Å². The maximum absolute atomic E-state index is 12.7. The average molecular weight is 393 g/mol. The summed E-state index contributed by atoms with van der Waals surface area (Å²) in [4.78, 5) is 18.7. The Bertz CT molecular complexity index is 1020. The molecule has 0 saturated carbocycles. The van der Waals surface area contributed by atoms with Crippen molar-refractivity contribution in [3.8, 4) is 17.0 Å². The summed E-state index contributed by atoms with van der Waals surface area (Å²) in [6, 6.07) is 7.47. The van der Waals surface area contributed by atoms with Gasteiger partial charge in [-0.05, 0) is 24.3 Å². The first-order valence-corrected chi connectivity index (χ1v) is 7.96.